The molecule has 0 atom stereocenters. The number of rotatable bonds is 1. The van der Waals surface area contributed by atoms with E-state index in [1.165, 1.54) is 12.4 Å². The van der Waals surface area contributed by atoms with E-state index >= 15 is 0 Å². The molecule has 0 radical (unpaired) electrons. The fraction of sp³-hybridized carbons (Fsp3) is 0.643. The fourth-order valence-electron chi connectivity index (χ4n) is 2.29. The largest absolute Gasteiger partial charge is 0.444 e. The molecule has 2 rings (SSSR count). The van der Waals surface area contributed by atoms with Crippen molar-refractivity contribution in [3.63, 3.8) is 0 Å². The Kier molecular flexibility index (Phi) is 4.11. The standard InChI is InChI=1S/C14H21N3O3/c1-14(2,3)20-13(19)17-6-4-10(5-7-17)11-8-12(18)16-9-15-11/h8-10H,4-7H2,1-3H3,(H,15,16,18). The quantitative estimate of drug-likeness (QED) is 0.851. The minimum Gasteiger partial charge on any atom is -0.444 e. The average Bonchev–Trinajstić information content (AvgIpc) is 2.37. The normalized spacial score (nSPS) is 17.1. The van der Waals surface area contributed by atoms with Crippen LogP contribution in [0.5, 0.6) is 0 Å². The molecule has 0 unspecified atom stereocenters. The van der Waals surface area contributed by atoms with Crippen LogP contribution in [0.15, 0.2) is 17.2 Å². The van der Waals surface area contributed by atoms with Gasteiger partial charge in [-0.2, -0.15) is 0 Å². The summed E-state index contributed by atoms with van der Waals surface area (Å²) in [5.74, 6) is 0.232. The highest BCUT2D eigenvalue weighted by atomic mass is 16.6. The third-order valence-electron chi connectivity index (χ3n) is 3.26. The molecule has 2 heterocycles. The minimum absolute atomic E-state index is 0.135. The SMILES string of the molecule is CC(C)(C)OC(=O)N1CCC(c2cc(=O)[nH]cn2)CC1. The molecule has 20 heavy (non-hydrogen) atoms. The Morgan fingerprint density at radius 3 is 2.60 bits per heavy atom. The Hall–Kier alpha value is -1.85. The number of ether oxygens (including phenoxy) is 1. The van der Waals surface area contributed by atoms with Crippen molar-refractivity contribution >= 4 is 6.09 Å². The monoisotopic (exact) mass is 279 g/mol. The molecule has 0 saturated carbocycles. The number of H-pyrrole nitrogens is 1. The molecule has 6 nitrogen and oxygen atoms in total. The third kappa shape index (κ3) is 3.82. The van der Waals surface area contributed by atoms with E-state index in [1.807, 2.05) is 20.8 Å². The van der Waals surface area contributed by atoms with E-state index in [0.29, 0.717) is 13.1 Å². The van der Waals surface area contributed by atoms with Gasteiger partial charge in [-0.15, -0.1) is 0 Å². The van der Waals surface area contributed by atoms with Crippen molar-refractivity contribution in [2.24, 2.45) is 0 Å². The van der Waals surface area contributed by atoms with Crippen molar-refractivity contribution in [3.05, 3.63) is 28.4 Å². The van der Waals surface area contributed by atoms with Crippen molar-refractivity contribution in [2.75, 3.05) is 13.1 Å². The molecule has 1 aliphatic rings. The second-order valence-electron chi connectivity index (χ2n) is 6.08. The summed E-state index contributed by atoms with van der Waals surface area (Å²) in [6, 6.07) is 1.54. The van der Waals surface area contributed by atoms with Crippen molar-refractivity contribution in [1.29, 1.82) is 0 Å². The number of likely N-dealkylation sites (tertiary alicyclic amines) is 1. The Labute approximate surface area is 118 Å². The Bertz CT molecular complexity index is 525. The third-order valence-corrected chi connectivity index (χ3v) is 3.26. The van der Waals surface area contributed by atoms with Gasteiger partial charge in [-0.3, -0.25) is 4.79 Å². The highest BCUT2D eigenvalue weighted by molar-refractivity contribution is 5.68. The smallest absolute Gasteiger partial charge is 0.410 e. The van der Waals surface area contributed by atoms with Crippen LogP contribution in [0.2, 0.25) is 0 Å². The lowest BCUT2D eigenvalue weighted by Crippen LogP contribution is -2.41. The van der Waals surface area contributed by atoms with E-state index in [0.717, 1.165) is 18.5 Å². The molecule has 1 N–H and O–H groups in total. The maximum absolute atomic E-state index is 11.9. The molecule has 110 valence electrons. The molecule has 1 aromatic rings. The summed E-state index contributed by atoms with van der Waals surface area (Å²) in [6.45, 7) is 6.84. The number of amides is 1. The van der Waals surface area contributed by atoms with Crippen LogP contribution in [0.3, 0.4) is 0 Å². The van der Waals surface area contributed by atoms with Crippen molar-refractivity contribution < 1.29 is 9.53 Å². The molecular weight excluding hydrogens is 258 g/mol. The number of aromatic nitrogens is 2. The zero-order chi connectivity index (χ0) is 14.8. The zero-order valence-electron chi connectivity index (χ0n) is 12.2. The van der Waals surface area contributed by atoms with Crippen LogP contribution in [0, 0.1) is 0 Å². The van der Waals surface area contributed by atoms with Gasteiger partial charge >= 0.3 is 6.09 Å². The first-order chi connectivity index (χ1) is 9.35. The van der Waals surface area contributed by atoms with Crippen LogP contribution < -0.4 is 5.56 Å². The highest BCUT2D eigenvalue weighted by Crippen LogP contribution is 2.26. The molecule has 1 amide bonds. The van der Waals surface area contributed by atoms with E-state index in [9.17, 15) is 9.59 Å². The number of nitrogens with one attached hydrogen (secondary N) is 1. The van der Waals surface area contributed by atoms with Gasteiger partial charge in [0.25, 0.3) is 5.56 Å². The molecule has 1 fully saturated rings. The van der Waals surface area contributed by atoms with Gasteiger partial charge in [0, 0.05) is 25.1 Å². The highest BCUT2D eigenvalue weighted by Gasteiger charge is 2.27. The summed E-state index contributed by atoms with van der Waals surface area (Å²) in [6.07, 6.45) is 2.76. The predicted octanol–water partition coefficient (Wildman–Crippen LogP) is 1.88. The maximum Gasteiger partial charge on any atom is 0.410 e. The zero-order valence-corrected chi connectivity index (χ0v) is 12.2. The average molecular weight is 279 g/mol. The lowest BCUT2D eigenvalue weighted by molar-refractivity contribution is 0.0204. The minimum atomic E-state index is -0.470. The van der Waals surface area contributed by atoms with Gasteiger partial charge in [-0.25, -0.2) is 9.78 Å². The topological polar surface area (TPSA) is 75.3 Å². The van der Waals surface area contributed by atoms with E-state index in [1.54, 1.807) is 4.90 Å². The van der Waals surface area contributed by atoms with Gasteiger partial charge in [0.15, 0.2) is 0 Å². The molecule has 1 aliphatic heterocycles. The van der Waals surface area contributed by atoms with Crippen molar-refractivity contribution in [3.8, 4) is 0 Å². The van der Waals surface area contributed by atoms with Crippen LogP contribution in [0.25, 0.3) is 0 Å². The van der Waals surface area contributed by atoms with Gasteiger partial charge in [0.05, 0.1) is 12.0 Å². The van der Waals surface area contributed by atoms with Gasteiger partial charge in [0.1, 0.15) is 5.60 Å². The Morgan fingerprint density at radius 1 is 1.40 bits per heavy atom. The predicted molar refractivity (Wildman–Crippen MR) is 74.6 cm³/mol. The lowest BCUT2D eigenvalue weighted by atomic mass is 9.93. The lowest BCUT2D eigenvalue weighted by Gasteiger charge is -2.33. The summed E-state index contributed by atoms with van der Waals surface area (Å²) in [5, 5.41) is 0. The number of piperidine rings is 1. The summed E-state index contributed by atoms with van der Waals surface area (Å²) in [5.41, 5.74) is 0.199. The summed E-state index contributed by atoms with van der Waals surface area (Å²) in [4.78, 5) is 31.7. The summed E-state index contributed by atoms with van der Waals surface area (Å²) in [7, 11) is 0. The van der Waals surface area contributed by atoms with Crippen molar-refractivity contribution in [2.45, 2.75) is 45.1 Å². The molecule has 6 heteroatoms. The number of aromatic amines is 1. The number of hydrogen-bond acceptors (Lipinski definition) is 4. The molecule has 1 aromatic heterocycles. The van der Waals surface area contributed by atoms with Gasteiger partial charge in [-0.1, -0.05) is 0 Å². The van der Waals surface area contributed by atoms with Crippen LogP contribution in [-0.4, -0.2) is 39.7 Å². The molecular formula is C14H21N3O3. The first-order valence-electron chi connectivity index (χ1n) is 6.88. The molecule has 0 bridgehead atoms. The first kappa shape index (κ1) is 14.6. The van der Waals surface area contributed by atoms with Gasteiger partial charge < -0.3 is 14.6 Å². The van der Waals surface area contributed by atoms with Crippen molar-refractivity contribution in [1.82, 2.24) is 14.9 Å². The van der Waals surface area contributed by atoms with E-state index in [-0.39, 0.29) is 17.6 Å². The van der Waals surface area contributed by atoms with Crippen LogP contribution in [-0.2, 0) is 4.74 Å². The summed E-state index contributed by atoms with van der Waals surface area (Å²) < 4.78 is 5.35. The Morgan fingerprint density at radius 2 is 2.05 bits per heavy atom. The van der Waals surface area contributed by atoms with Crippen LogP contribution >= 0.6 is 0 Å². The first-order valence-corrected chi connectivity index (χ1v) is 6.88. The second kappa shape index (κ2) is 5.64. The maximum atomic E-state index is 11.9. The van der Waals surface area contributed by atoms with E-state index < -0.39 is 5.60 Å². The fourth-order valence-corrected chi connectivity index (χ4v) is 2.29. The van der Waals surface area contributed by atoms with Crippen LogP contribution in [0.1, 0.15) is 45.2 Å². The molecule has 0 aliphatic carbocycles. The summed E-state index contributed by atoms with van der Waals surface area (Å²) >= 11 is 0. The van der Waals surface area contributed by atoms with Gasteiger partial charge in [-0.05, 0) is 33.6 Å². The second-order valence-corrected chi connectivity index (χ2v) is 6.08. The van der Waals surface area contributed by atoms with E-state index in [4.69, 9.17) is 4.74 Å². The van der Waals surface area contributed by atoms with Gasteiger partial charge in [0.2, 0.25) is 0 Å². The molecule has 0 aromatic carbocycles. The molecule has 1 saturated heterocycles. The number of carbonyl (C=O) groups excluding carboxylic acids is 1. The number of nitrogens with zero attached hydrogens (tertiary/aromatic N) is 2. The Balaban J connectivity index is 1.92. The number of carbonyl (C=O) groups is 1. The molecule has 0 spiro atoms. The van der Waals surface area contributed by atoms with Crippen LogP contribution in [0.4, 0.5) is 4.79 Å². The van der Waals surface area contributed by atoms with E-state index in [2.05, 4.69) is 9.97 Å². The number of hydrogen-bond donors (Lipinski definition) is 1.